The molecule has 0 bridgehead atoms. The second-order valence-corrected chi connectivity index (χ2v) is 4.66. The lowest BCUT2D eigenvalue weighted by atomic mass is 10.2. The van der Waals surface area contributed by atoms with E-state index in [1.807, 2.05) is 0 Å². The predicted molar refractivity (Wildman–Crippen MR) is 61.6 cm³/mol. The van der Waals surface area contributed by atoms with Gasteiger partial charge in [0.1, 0.15) is 4.60 Å². The van der Waals surface area contributed by atoms with E-state index >= 15 is 0 Å². The van der Waals surface area contributed by atoms with Crippen LogP contribution in [0, 0.1) is 5.92 Å². The Hall–Kier alpha value is -0.900. The Balaban J connectivity index is 1.97. The number of hydrogen-bond acceptors (Lipinski definition) is 2. The molecule has 2 rings (SSSR count). The molecule has 1 N–H and O–H groups in total. The average molecular weight is 269 g/mol. The molecule has 1 amide bonds. The molecular formula is C11H13BrN2O. The Morgan fingerprint density at radius 2 is 2.53 bits per heavy atom. The quantitative estimate of drug-likeness (QED) is 0.856. The van der Waals surface area contributed by atoms with Gasteiger partial charge >= 0.3 is 0 Å². The Kier molecular flexibility index (Phi) is 3.05. The van der Waals surface area contributed by atoms with Gasteiger partial charge < -0.3 is 5.32 Å². The third-order valence-corrected chi connectivity index (χ3v) is 3.19. The standard InChI is InChI=1S/C11H13BrN2O/c1-2-7-5-9(7)14-11(15)8-3-4-13-10(12)6-8/h3-4,6-7,9H,2,5H2,1H3,(H,14,15). The number of carbonyl (C=O) groups is 1. The first-order chi connectivity index (χ1) is 7.20. The molecule has 1 aliphatic rings. The molecule has 0 radical (unpaired) electrons. The molecule has 15 heavy (non-hydrogen) atoms. The van der Waals surface area contributed by atoms with Crippen LogP contribution in [-0.4, -0.2) is 16.9 Å². The highest BCUT2D eigenvalue weighted by Gasteiger charge is 2.36. The van der Waals surface area contributed by atoms with Crippen molar-refractivity contribution in [1.82, 2.24) is 10.3 Å². The van der Waals surface area contributed by atoms with Crippen molar-refractivity contribution in [2.45, 2.75) is 25.8 Å². The minimum atomic E-state index is -0.000880. The smallest absolute Gasteiger partial charge is 0.251 e. The topological polar surface area (TPSA) is 42.0 Å². The molecule has 80 valence electrons. The van der Waals surface area contributed by atoms with Crippen molar-refractivity contribution in [3.05, 3.63) is 28.5 Å². The van der Waals surface area contributed by atoms with Crippen LogP contribution in [0.1, 0.15) is 30.1 Å². The number of carbonyl (C=O) groups excluding carboxylic acids is 1. The number of nitrogens with one attached hydrogen (secondary N) is 1. The zero-order chi connectivity index (χ0) is 10.8. The molecule has 1 saturated carbocycles. The number of nitrogens with zero attached hydrogens (tertiary/aromatic N) is 1. The summed E-state index contributed by atoms with van der Waals surface area (Å²) in [4.78, 5) is 15.7. The van der Waals surface area contributed by atoms with E-state index in [9.17, 15) is 4.79 Å². The molecule has 1 fully saturated rings. The van der Waals surface area contributed by atoms with Gasteiger partial charge in [0.2, 0.25) is 0 Å². The van der Waals surface area contributed by atoms with E-state index in [0.717, 1.165) is 12.8 Å². The fourth-order valence-electron chi connectivity index (χ4n) is 1.67. The first kappa shape index (κ1) is 10.6. The lowest BCUT2D eigenvalue weighted by molar-refractivity contribution is 0.0949. The van der Waals surface area contributed by atoms with Crippen LogP contribution in [0.4, 0.5) is 0 Å². The summed E-state index contributed by atoms with van der Waals surface area (Å²) in [6, 6.07) is 3.84. The predicted octanol–water partition coefficient (Wildman–Crippen LogP) is 2.37. The molecule has 2 unspecified atom stereocenters. The van der Waals surface area contributed by atoms with Crippen molar-refractivity contribution in [2.24, 2.45) is 5.92 Å². The number of pyridine rings is 1. The molecule has 1 aromatic heterocycles. The monoisotopic (exact) mass is 268 g/mol. The maximum atomic E-state index is 11.7. The summed E-state index contributed by atoms with van der Waals surface area (Å²) in [5.41, 5.74) is 0.665. The zero-order valence-corrected chi connectivity index (χ0v) is 10.1. The fraction of sp³-hybridized carbons (Fsp3) is 0.455. The first-order valence-electron chi connectivity index (χ1n) is 5.13. The summed E-state index contributed by atoms with van der Waals surface area (Å²) >= 11 is 3.25. The molecule has 2 atom stereocenters. The van der Waals surface area contributed by atoms with Crippen molar-refractivity contribution in [3.63, 3.8) is 0 Å². The van der Waals surface area contributed by atoms with Crippen LogP contribution in [0.5, 0.6) is 0 Å². The maximum absolute atomic E-state index is 11.7. The van der Waals surface area contributed by atoms with E-state index in [1.54, 1.807) is 18.3 Å². The van der Waals surface area contributed by atoms with Crippen molar-refractivity contribution in [1.29, 1.82) is 0 Å². The van der Waals surface area contributed by atoms with Gasteiger partial charge in [0.25, 0.3) is 5.91 Å². The second-order valence-electron chi connectivity index (χ2n) is 3.85. The Morgan fingerprint density at radius 3 is 3.13 bits per heavy atom. The van der Waals surface area contributed by atoms with Crippen molar-refractivity contribution in [3.8, 4) is 0 Å². The average Bonchev–Trinajstić information content (AvgIpc) is 2.96. The highest BCUT2D eigenvalue weighted by Crippen LogP contribution is 2.33. The van der Waals surface area contributed by atoms with Crippen LogP contribution in [0.25, 0.3) is 0 Å². The zero-order valence-electron chi connectivity index (χ0n) is 8.53. The molecule has 0 spiro atoms. The van der Waals surface area contributed by atoms with Crippen molar-refractivity contribution in [2.75, 3.05) is 0 Å². The van der Waals surface area contributed by atoms with Crippen LogP contribution in [0.3, 0.4) is 0 Å². The summed E-state index contributed by atoms with van der Waals surface area (Å²) in [5.74, 6) is 0.679. The molecule has 0 saturated heterocycles. The molecule has 0 aliphatic heterocycles. The molecule has 4 heteroatoms. The largest absolute Gasteiger partial charge is 0.349 e. The number of aromatic nitrogens is 1. The fourth-order valence-corrected chi connectivity index (χ4v) is 2.04. The SMILES string of the molecule is CCC1CC1NC(=O)c1ccnc(Br)c1. The van der Waals surface area contributed by atoms with Crippen molar-refractivity contribution >= 4 is 21.8 Å². The number of rotatable bonds is 3. The minimum absolute atomic E-state index is 0.000880. The van der Waals surface area contributed by atoms with Crippen LogP contribution in [-0.2, 0) is 0 Å². The summed E-state index contributed by atoms with van der Waals surface area (Å²) < 4.78 is 0.693. The Labute approximate surface area is 97.4 Å². The van der Waals surface area contributed by atoms with E-state index in [4.69, 9.17) is 0 Å². The molecule has 1 heterocycles. The van der Waals surface area contributed by atoms with Gasteiger partial charge in [0.05, 0.1) is 0 Å². The minimum Gasteiger partial charge on any atom is -0.349 e. The number of amides is 1. The first-order valence-corrected chi connectivity index (χ1v) is 5.92. The third kappa shape index (κ3) is 2.56. The van der Waals surface area contributed by atoms with Crippen LogP contribution >= 0.6 is 15.9 Å². The van der Waals surface area contributed by atoms with Gasteiger partial charge in [-0.3, -0.25) is 4.79 Å². The van der Waals surface area contributed by atoms with Crippen LogP contribution in [0.15, 0.2) is 22.9 Å². The van der Waals surface area contributed by atoms with Gasteiger partial charge in [-0.05, 0) is 40.4 Å². The second kappa shape index (κ2) is 4.31. The van der Waals surface area contributed by atoms with Gasteiger partial charge in [-0.25, -0.2) is 4.98 Å². The third-order valence-electron chi connectivity index (χ3n) is 2.75. The molecule has 1 aliphatic carbocycles. The van der Waals surface area contributed by atoms with E-state index < -0.39 is 0 Å². The Morgan fingerprint density at radius 1 is 1.73 bits per heavy atom. The van der Waals surface area contributed by atoms with E-state index in [-0.39, 0.29) is 5.91 Å². The van der Waals surface area contributed by atoms with Crippen LogP contribution in [0.2, 0.25) is 0 Å². The van der Waals surface area contributed by atoms with Gasteiger partial charge in [-0.2, -0.15) is 0 Å². The number of hydrogen-bond donors (Lipinski definition) is 1. The van der Waals surface area contributed by atoms with Crippen molar-refractivity contribution < 1.29 is 4.79 Å². The summed E-state index contributed by atoms with van der Waals surface area (Å²) in [5, 5.41) is 3.01. The van der Waals surface area contributed by atoms with Gasteiger partial charge in [0.15, 0.2) is 0 Å². The van der Waals surface area contributed by atoms with E-state index in [1.165, 1.54) is 0 Å². The van der Waals surface area contributed by atoms with Gasteiger partial charge in [-0.1, -0.05) is 13.3 Å². The lowest BCUT2D eigenvalue weighted by Gasteiger charge is -2.03. The summed E-state index contributed by atoms with van der Waals surface area (Å²) in [6.07, 6.45) is 3.89. The van der Waals surface area contributed by atoms with Gasteiger partial charge in [0, 0.05) is 17.8 Å². The summed E-state index contributed by atoms with van der Waals surface area (Å²) in [6.45, 7) is 2.15. The molecule has 1 aromatic rings. The van der Waals surface area contributed by atoms with Gasteiger partial charge in [-0.15, -0.1) is 0 Å². The highest BCUT2D eigenvalue weighted by molar-refractivity contribution is 9.10. The summed E-state index contributed by atoms with van der Waals surface area (Å²) in [7, 11) is 0. The highest BCUT2D eigenvalue weighted by atomic mass is 79.9. The molecular weight excluding hydrogens is 256 g/mol. The van der Waals surface area contributed by atoms with Crippen LogP contribution < -0.4 is 5.32 Å². The maximum Gasteiger partial charge on any atom is 0.251 e. The lowest BCUT2D eigenvalue weighted by Crippen LogP contribution is -2.26. The molecule has 3 nitrogen and oxygen atoms in total. The number of halogens is 1. The van der Waals surface area contributed by atoms with E-state index in [0.29, 0.717) is 22.1 Å². The van der Waals surface area contributed by atoms with E-state index in [2.05, 4.69) is 33.2 Å². The normalized spacial score (nSPS) is 23.6. The molecule has 0 aromatic carbocycles. The Bertz CT molecular complexity index is 381.